The van der Waals surface area contributed by atoms with Gasteiger partial charge >= 0.3 is 0 Å². The van der Waals surface area contributed by atoms with Crippen LogP contribution in [0, 0.1) is 5.82 Å². The van der Waals surface area contributed by atoms with Crippen molar-refractivity contribution in [3.8, 4) is 0 Å². The van der Waals surface area contributed by atoms with Crippen molar-refractivity contribution in [1.82, 2.24) is 29.8 Å². The van der Waals surface area contributed by atoms with Crippen LogP contribution in [0.5, 0.6) is 0 Å². The van der Waals surface area contributed by atoms with Gasteiger partial charge in [0.2, 0.25) is 0 Å². The van der Waals surface area contributed by atoms with Gasteiger partial charge < -0.3 is 4.90 Å². The van der Waals surface area contributed by atoms with Crippen LogP contribution in [-0.2, 0) is 5.41 Å². The van der Waals surface area contributed by atoms with Crippen molar-refractivity contribution >= 4 is 11.5 Å². The third-order valence-electron chi connectivity index (χ3n) is 4.86. The highest BCUT2D eigenvalue weighted by Gasteiger charge is 2.27. The highest BCUT2D eigenvalue weighted by molar-refractivity contribution is 5.40. The molecule has 1 saturated heterocycles. The van der Waals surface area contributed by atoms with Crippen molar-refractivity contribution in [2.24, 2.45) is 0 Å². The van der Waals surface area contributed by atoms with Crippen LogP contribution in [0.1, 0.15) is 51.0 Å². The first kappa shape index (κ1) is 16.8. The highest BCUT2D eigenvalue weighted by atomic mass is 19.1. The molecule has 0 aromatic carbocycles. The third kappa shape index (κ3) is 3.00. The zero-order valence-electron chi connectivity index (χ0n) is 15.2. The van der Waals surface area contributed by atoms with Crippen molar-refractivity contribution in [2.75, 3.05) is 18.0 Å². The molecule has 3 aromatic heterocycles. The number of halogens is 1. The summed E-state index contributed by atoms with van der Waals surface area (Å²) in [6, 6.07) is 3.98. The van der Waals surface area contributed by atoms with Crippen molar-refractivity contribution in [2.45, 2.75) is 44.9 Å². The molecule has 1 aliphatic heterocycles. The van der Waals surface area contributed by atoms with Crippen molar-refractivity contribution in [3.63, 3.8) is 0 Å². The van der Waals surface area contributed by atoms with Gasteiger partial charge in [0, 0.05) is 24.4 Å². The van der Waals surface area contributed by atoms with Gasteiger partial charge in [0.1, 0.15) is 6.33 Å². The molecule has 0 amide bonds. The van der Waals surface area contributed by atoms with Gasteiger partial charge in [0.05, 0.1) is 11.9 Å². The van der Waals surface area contributed by atoms with Gasteiger partial charge in [-0.25, -0.2) is 14.4 Å². The number of nitrogens with zero attached hydrogens (tertiary/aromatic N) is 7. The predicted molar refractivity (Wildman–Crippen MR) is 95.7 cm³/mol. The lowest BCUT2D eigenvalue weighted by atomic mass is 9.92. The lowest BCUT2D eigenvalue weighted by Crippen LogP contribution is -2.34. The number of hydrogen-bond donors (Lipinski definition) is 0. The Labute approximate surface area is 151 Å². The Kier molecular flexibility index (Phi) is 4.05. The molecule has 0 N–H and O–H groups in total. The van der Waals surface area contributed by atoms with Crippen LogP contribution in [0.25, 0.3) is 5.65 Å². The van der Waals surface area contributed by atoms with E-state index in [1.54, 1.807) is 0 Å². The fourth-order valence-electron chi connectivity index (χ4n) is 3.35. The molecule has 7 nitrogen and oxygen atoms in total. The molecule has 4 rings (SSSR count). The molecular formula is C18H22FN7. The number of piperidine rings is 1. The zero-order chi connectivity index (χ0) is 18.3. The second-order valence-corrected chi connectivity index (χ2v) is 7.75. The largest absolute Gasteiger partial charge is 0.354 e. The van der Waals surface area contributed by atoms with Gasteiger partial charge in [-0.3, -0.25) is 0 Å². The van der Waals surface area contributed by atoms with E-state index in [1.165, 1.54) is 12.5 Å². The lowest BCUT2D eigenvalue weighted by Gasteiger charge is -2.31. The molecule has 26 heavy (non-hydrogen) atoms. The summed E-state index contributed by atoms with van der Waals surface area (Å²) in [4.78, 5) is 9.75. The minimum Gasteiger partial charge on any atom is -0.354 e. The molecule has 0 bridgehead atoms. The van der Waals surface area contributed by atoms with E-state index in [-0.39, 0.29) is 17.2 Å². The van der Waals surface area contributed by atoms with Crippen LogP contribution in [0.4, 0.5) is 10.2 Å². The SMILES string of the molecule is CC(C)(C)c1ccc2nnc(C3CCN(c4ncncc4F)CC3)n2n1. The number of fused-ring (bicyclic) bond motifs is 1. The molecule has 0 spiro atoms. The molecule has 3 aromatic rings. The Bertz CT molecular complexity index is 923. The minimum atomic E-state index is -0.379. The van der Waals surface area contributed by atoms with Crippen LogP contribution in [0.15, 0.2) is 24.7 Å². The standard InChI is InChI=1S/C18H22FN7/c1-18(2,3)14-4-5-15-22-23-16(26(15)24-14)12-6-8-25(9-7-12)17-13(19)10-20-11-21-17/h4-5,10-12H,6-9H2,1-3H3. The Hall–Kier alpha value is -2.64. The summed E-state index contributed by atoms with van der Waals surface area (Å²) in [5, 5.41) is 13.4. The maximum atomic E-state index is 13.9. The van der Waals surface area contributed by atoms with E-state index in [4.69, 9.17) is 5.10 Å². The third-order valence-corrected chi connectivity index (χ3v) is 4.86. The maximum Gasteiger partial charge on any atom is 0.183 e. The van der Waals surface area contributed by atoms with E-state index in [2.05, 4.69) is 40.9 Å². The van der Waals surface area contributed by atoms with Crippen LogP contribution in [0.2, 0.25) is 0 Å². The van der Waals surface area contributed by atoms with Crippen LogP contribution in [0.3, 0.4) is 0 Å². The van der Waals surface area contributed by atoms with Gasteiger partial charge in [0.15, 0.2) is 23.1 Å². The first-order chi connectivity index (χ1) is 12.4. The van der Waals surface area contributed by atoms with Crippen molar-refractivity contribution in [1.29, 1.82) is 0 Å². The molecule has 0 aliphatic carbocycles. The minimum absolute atomic E-state index is 0.0381. The second kappa shape index (κ2) is 6.26. The number of hydrogen-bond acceptors (Lipinski definition) is 6. The molecular weight excluding hydrogens is 333 g/mol. The summed E-state index contributed by atoms with van der Waals surface area (Å²) >= 11 is 0. The first-order valence-electron chi connectivity index (χ1n) is 8.87. The van der Waals surface area contributed by atoms with Crippen LogP contribution >= 0.6 is 0 Å². The van der Waals surface area contributed by atoms with Gasteiger partial charge in [-0.1, -0.05) is 20.8 Å². The summed E-state index contributed by atoms with van der Waals surface area (Å²) in [5.74, 6) is 1.12. The molecule has 0 radical (unpaired) electrons. The Morgan fingerprint density at radius 3 is 2.58 bits per heavy atom. The fourth-order valence-corrected chi connectivity index (χ4v) is 3.35. The smallest absolute Gasteiger partial charge is 0.183 e. The average molecular weight is 355 g/mol. The monoisotopic (exact) mass is 355 g/mol. The van der Waals surface area contributed by atoms with Gasteiger partial charge in [0.25, 0.3) is 0 Å². The second-order valence-electron chi connectivity index (χ2n) is 7.75. The quantitative estimate of drug-likeness (QED) is 0.704. The van der Waals surface area contributed by atoms with Crippen LogP contribution in [-0.4, -0.2) is 42.9 Å². The Balaban J connectivity index is 1.57. The van der Waals surface area contributed by atoms with E-state index in [0.29, 0.717) is 18.9 Å². The van der Waals surface area contributed by atoms with Gasteiger partial charge in [-0.15, -0.1) is 10.2 Å². The normalized spacial score (nSPS) is 16.4. The molecule has 136 valence electrons. The van der Waals surface area contributed by atoms with Crippen molar-refractivity contribution in [3.05, 3.63) is 42.0 Å². The molecule has 1 aliphatic rings. The topological polar surface area (TPSA) is 72.1 Å². The molecule has 1 fully saturated rings. The summed E-state index contributed by atoms with van der Waals surface area (Å²) < 4.78 is 15.8. The van der Waals surface area contributed by atoms with Gasteiger partial charge in [-0.05, 0) is 25.0 Å². The summed E-state index contributed by atoms with van der Waals surface area (Å²) in [7, 11) is 0. The highest BCUT2D eigenvalue weighted by Crippen LogP contribution is 2.30. The fraction of sp³-hybridized carbons (Fsp3) is 0.500. The van der Waals surface area contributed by atoms with E-state index in [1.807, 2.05) is 21.5 Å². The molecule has 8 heteroatoms. The average Bonchev–Trinajstić information content (AvgIpc) is 3.05. The first-order valence-corrected chi connectivity index (χ1v) is 8.87. The summed E-state index contributed by atoms with van der Waals surface area (Å²) in [6.07, 6.45) is 4.30. The lowest BCUT2D eigenvalue weighted by molar-refractivity contribution is 0.464. The summed E-state index contributed by atoms with van der Waals surface area (Å²) in [6.45, 7) is 7.85. The number of aromatic nitrogens is 6. The Morgan fingerprint density at radius 1 is 1.12 bits per heavy atom. The zero-order valence-corrected chi connectivity index (χ0v) is 15.2. The molecule has 4 heterocycles. The maximum absolute atomic E-state index is 13.9. The number of anilines is 1. The molecule has 0 unspecified atom stereocenters. The van der Waals surface area contributed by atoms with E-state index < -0.39 is 0 Å². The Morgan fingerprint density at radius 2 is 1.88 bits per heavy atom. The summed E-state index contributed by atoms with van der Waals surface area (Å²) in [5.41, 5.74) is 1.73. The van der Waals surface area contributed by atoms with Crippen LogP contribution < -0.4 is 4.90 Å². The van der Waals surface area contributed by atoms with E-state index >= 15 is 0 Å². The molecule has 0 atom stereocenters. The van der Waals surface area contributed by atoms with E-state index in [0.717, 1.165) is 30.0 Å². The van der Waals surface area contributed by atoms with Gasteiger partial charge in [-0.2, -0.15) is 9.61 Å². The number of rotatable bonds is 2. The molecule has 0 saturated carbocycles. The van der Waals surface area contributed by atoms with E-state index in [9.17, 15) is 4.39 Å². The predicted octanol–water partition coefficient (Wildman–Crippen LogP) is 2.73. The van der Waals surface area contributed by atoms with Crippen molar-refractivity contribution < 1.29 is 4.39 Å².